The number of methoxy groups -OCH3 is 1. The molecule has 0 aliphatic carbocycles. The number of hydrogen-bond donors (Lipinski definition) is 1. The number of aliphatic imine (C=N–C) groups is 1. The van der Waals surface area contributed by atoms with Crippen LogP contribution >= 0.6 is 35.3 Å². The van der Waals surface area contributed by atoms with Gasteiger partial charge in [0.05, 0.1) is 13.7 Å². The van der Waals surface area contributed by atoms with Crippen molar-refractivity contribution in [2.24, 2.45) is 4.99 Å². The van der Waals surface area contributed by atoms with Crippen LogP contribution in [0.4, 0.5) is 0 Å². The number of halogens is 1. The fourth-order valence-electron chi connectivity index (χ4n) is 2.50. The molecule has 0 saturated carbocycles. The lowest BCUT2D eigenvalue weighted by Gasteiger charge is -2.22. The zero-order valence-corrected chi connectivity index (χ0v) is 19.0. The van der Waals surface area contributed by atoms with Crippen LogP contribution in [0.1, 0.15) is 17.4 Å². The predicted octanol–water partition coefficient (Wildman–Crippen LogP) is 4.02. The van der Waals surface area contributed by atoms with Gasteiger partial charge in [-0.05, 0) is 42.5 Å². The lowest BCUT2D eigenvalue weighted by Crippen LogP contribution is -2.39. The van der Waals surface area contributed by atoms with Gasteiger partial charge < -0.3 is 19.7 Å². The molecule has 0 spiro atoms. The Balaban J connectivity index is 0.00000338. The highest BCUT2D eigenvalue weighted by Gasteiger charge is 2.09. The van der Waals surface area contributed by atoms with Gasteiger partial charge in [0, 0.05) is 32.1 Å². The number of nitrogens with one attached hydrogen (secondary N) is 1. The van der Waals surface area contributed by atoms with Crippen molar-refractivity contribution in [1.82, 2.24) is 10.2 Å². The van der Waals surface area contributed by atoms with Crippen LogP contribution in [0.15, 0.2) is 40.7 Å². The predicted molar refractivity (Wildman–Crippen MR) is 120 cm³/mol. The molecular weight excluding hydrogens is 461 g/mol. The SMILES string of the molecule is CCOc1ccc(CNC(=NC)N(C)CCc2cccs2)cc1OC.I. The molecule has 1 aromatic carbocycles. The van der Waals surface area contributed by atoms with Crippen LogP contribution in [0.2, 0.25) is 0 Å². The second-order valence-corrected chi connectivity index (χ2v) is 6.60. The number of thiophene rings is 1. The number of rotatable bonds is 8. The van der Waals surface area contributed by atoms with Gasteiger partial charge in [0.25, 0.3) is 0 Å². The molecule has 7 heteroatoms. The Bertz CT molecular complexity index is 677. The molecule has 2 aromatic rings. The second-order valence-electron chi connectivity index (χ2n) is 5.57. The van der Waals surface area contributed by atoms with Crippen LogP contribution in [0.3, 0.4) is 0 Å². The summed E-state index contributed by atoms with van der Waals surface area (Å²) < 4.78 is 11.0. The second kappa shape index (κ2) is 12.0. The summed E-state index contributed by atoms with van der Waals surface area (Å²) in [6.07, 6.45) is 1.02. The van der Waals surface area contributed by atoms with E-state index in [1.807, 2.05) is 32.2 Å². The number of likely N-dealkylation sites (N-methyl/N-ethyl adjacent to an activating group) is 1. The number of guanidine groups is 1. The van der Waals surface area contributed by atoms with Gasteiger partial charge in [-0.15, -0.1) is 35.3 Å². The van der Waals surface area contributed by atoms with Crippen LogP contribution in [0.5, 0.6) is 11.5 Å². The molecule has 1 heterocycles. The van der Waals surface area contributed by atoms with Gasteiger partial charge in [0.1, 0.15) is 0 Å². The van der Waals surface area contributed by atoms with E-state index in [0.29, 0.717) is 13.2 Å². The fourth-order valence-corrected chi connectivity index (χ4v) is 3.20. The van der Waals surface area contributed by atoms with Crippen molar-refractivity contribution >= 4 is 41.3 Å². The molecule has 0 aliphatic rings. The van der Waals surface area contributed by atoms with Gasteiger partial charge in [-0.2, -0.15) is 0 Å². The van der Waals surface area contributed by atoms with E-state index >= 15 is 0 Å². The molecule has 0 aliphatic heterocycles. The normalized spacial score (nSPS) is 10.8. The van der Waals surface area contributed by atoms with E-state index in [9.17, 15) is 0 Å². The molecule has 144 valence electrons. The van der Waals surface area contributed by atoms with Gasteiger partial charge in [-0.3, -0.25) is 4.99 Å². The quantitative estimate of drug-likeness (QED) is 0.346. The Labute approximate surface area is 177 Å². The lowest BCUT2D eigenvalue weighted by molar-refractivity contribution is 0.310. The van der Waals surface area contributed by atoms with E-state index in [1.165, 1.54) is 4.88 Å². The van der Waals surface area contributed by atoms with E-state index in [0.717, 1.165) is 36.0 Å². The molecule has 0 unspecified atom stereocenters. The van der Waals surface area contributed by atoms with Crippen molar-refractivity contribution in [3.63, 3.8) is 0 Å². The third kappa shape index (κ3) is 6.68. The smallest absolute Gasteiger partial charge is 0.193 e. The maximum atomic E-state index is 5.56. The fraction of sp³-hybridized carbons (Fsp3) is 0.421. The monoisotopic (exact) mass is 489 g/mol. The van der Waals surface area contributed by atoms with Crippen LogP contribution in [0, 0.1) is 0 Å². The Morgan fingerprint density at radius 3 is 2.69 bits per heavy atom. The molecule has 0 bridgehead atoms. The van der Waals surface area contributed by atoms with E-state index in [4.69, 9.17) is 9.47 Å². The Kier molecular flexibility index (Phi) is 10.4. The Morgan fingerprint density at radius 2 is 2.08 bits per heavy atom. The minimum atomic E-state index is 0. The van der Waals surface area contributed by atoms with E-state index in [-0.39, 0.29) is 24.0 Å². The third-order valence-corrected chi connectivity index (χ3v) is 4.76. The zero-order chi connectivity index (χ0) is 18.1. The molecule has 26 heavy (non-hydrogen) atoms. The number of benzene rings is 1. The topological polar surface area (TPSA) is 46.1 Å². The van der Waals surface area contributed by atoms with Crippen LogP contribution in [-0.4, -0.2) is 45.2 Å². The molecule has 0 fully saturated rings. The minimum absolute atomic E-state index is 0. The highest BCUT2D eigenvalue weighted by Crippen LogP contribution is 2.27. The first-order chi connectivity index (χ1) is 12.2. The summed E-state index contributed by atoms with van der Waals surface area (Å²) in [4.78, 5) is 7.90. The summed E-state index contributed by atoms with van der Waals surface area (Å²) in [5.41, 5.74) is 1.12. The molecule has 0 atom stereocenters. The minimum Gasteiger partial charge on any atom is -0.493 e. The lowest BCUT2D eigenvalue weighted by atomic mass is 10.2. The highest BCUT2D eigenvalue weighted by atomic mass is 127. The van der Waals surface area contributed by atoms with Crippen molar-refractivity contribution < 1.29 is 9.47 Å². The van der Waals surface area contributed by atoms with Crippen molar-refractivity contribution in [3.8, 4) is 11.5 Å². The average molecular weight is 489 g/mol. The zero-order valence-electron chi connectivity index (χ0n) is 15.8. The largest absolute Gasteiger partial charge is 0.493 e. The standard InChI is InChI=1S/C19H27N3O2S.HI/c1-5-24-17-9-8-15(13-18(17)23-4)14-21-19(20-2)22(3)11-10-16-7-6-12-25-16;/h6-9,12-13H,5,10-11,14H2,1-4H3,(H,20,21);1H. The summed E-state index contributed by atoms with van der Waals surface area (Å²) in [7, 11) is 5.52. The van der Waals surface area contributed by atoms with Gasteiger partial charge in [-0.1, -0.05) is 12.1 Å². The van der Waals surface area contributed by atoms with E-state index in [2.05, 4.69) is 39.8 Å². The first-order valence-electron chi connectivity index (χ1n) is 8.41. The molecular formula is C19H28IN3O2S. The number of ether oxygens (including phenoxy) is 2. The van der Waals surface area contributed by atoms with Gasteiger partial charge in [0.15, 0.2) is 17.5 Å². The Hall–Kier alpha value is -1.48. The molecule has 0 radical (unpaired) electrons. The molecule has 0 amide bonds. The maximum absolute atomic E-state index is 5.56. The van der Waals surface area contributed by atoms with E-state index < -0.39 is 0 Å². The van der Waals surface area contributed by atoms with Crippen LogP contribution in [0.25, 0.3) is 0 Å². The summed E-state index contributed by atoms with van der Waals surface area (Å²) in [5.74, 6) is 2.40. The van der Waals surface area contributed by atoms with Gasteiger partial charge in [-0.25, -0.2) is 0 Å². The number of hydrogen-bond acceptors (Lipinski definition) is 4. The molecule has 1 aromatic heterocycles. The molecule has 0 saturated heterocycles. The summed E-state index contributed by atoms with van der Waals surface area (Å²) in [6.45, 7) is 4.19. The van der Waals surface area contributed by atoms with Gasteiger partial charge >= 0.3 is 0 Å². The van der Waals surface area contributed by atoms with Crippen molar-refractivity contribution in [3.05, 3.63) is 46.2 Å². The summed E-state index contributed by atoms with van der Waals surface area (Å²) in [5, 5.41) is 5.51. The Morgan fingerprint density at radius 1 is 1.27 bits per heavy atom. The summed E-state index contributed by atoms with van der Waals surface area (Å²) >= 11 is 1.79. The van der Waals surface area contributed by atoms with E-state index in [1.54, 1.807) is 18.4 Å². The van der Waals surface area contributed by atoms with Crippen LogP contribution in [-0.2, 0) is 13.0 Å². The third-order valence-electron chi connectivity index (χ3n) is 3.83. The van der Waals surface area contributed by atoms with Crippen molar-refractivity contribution in [1.29, 1.82) is 0 Å². The van der Waals surface area contributed by atoms with Gasteiger partial charge in [0.2, 0.25) is 0 Å². The maximum Gasteiger partial charge on any atom is 0.193 e. The first-order valence-corrected chi connectivity index (χ1v) is 9.29. The highest BCUT2D eigenvalue weighted by molar-refractivity contribution is 14.0. The van der Waals surface area contributed by atoms with Crippen LogP contribution < -0.4 is 14.8 Å². The molecule has 5 nitrogen and oxygen atoms in total. The van der Waals surface area contributed by atoms with Crippen molar-refractivity contribution in [2.45, 2.75) is 19.9 Å². The molecule has 1 N–H and O–H groups in total. The molecule has 2 rings (SSSR count). The average Bonchev–Trinajstić information content (AvgIpc) is 3.15. The first kappa shape index (κ1) is 22.6. The van der Waals surface area contributed by atoms with Crippen molar-refractivity contribution in [2.75, 3.05) is 34.4 Å². The number of nitrogens with zero attached hydrogens (tertiary/aromatic N) is 2. The summed E-state index contributed by atoms with van der Waals surface area (Å²) in [6, 6.07) is 10.2.